The molecule has 0 radical (unpaired) electrons. The van der Waals surface area contributed by atoms with Crippen molar-refractivity contribution in [1.82, 2.24) is 0 Å². The topological polar surface area (TPSA) is 9.23 Å². The van der Waals surface area contributed by atoms with Crippen molar-refractivity contribution >= 4 is 27.0 Å². The molecule has 1 heterocycles. The van der Waals surface area contributed by atoms with Gasteiger partial charge in [-0.2, -0.15) is 0 Å². The molecule has 1 aliphatic heterocycles. The molecule has 2 aromatic rings. The zero-order chi connectivity index (χ0) is 13.8. The fourth-order valence-corrected chi connectivity index (χ4v) is 3.79. The van der Waals surface area contributed by atoms with Gasteiger partial charge >= 0.3 is 0 Å². The van der Waals surface area contributed by atoms with E-state index in [1.807, 2.05) is 11.4 Å². The van der Waals surface area contributed by atoms with Crippen molar-refractivity contribution in [2.24, 2.45) is 0 Å². The maximum Gasteiger partial charge on any atom is 0.209 e. The number of unbranched alkanes of at least 4 members (excludes halogenated alkanes) is 1. The van der Waals surface area contributed by atoms with E-state index in [0.29, 0.717) is 0 Å². The van der Waals surface area contributed by atoms with Gasteiger partial charge in [-0.15, -0.1) is 0 Å². The number of fused-ring (bicyclic) bond motifs is 1. The van der Waals surface area contributed by atoms with Gasteiger partial charge in [0.2, 0.25) is 4.86 Å². The van der Waals surface area contributed by atoms with Crippen LogP contribution < -0.4 is 4.74 Å². The van der Waals surface area contributed by atoms with Gasteiger partial charge in [-0.25, -0.2) is 0 Å². The summed E-state index contributed by atoms with van der Waals surface area (Å²) in [6.45, 7) is 3.01. The number of rotatable bonds is 5. The predicted octanol–water partition coefficient (Wildman–Crippen LogP) is 4.42. The van der Waals surface area contributed by atoms with E-state index in [1.54, 1.807) is 4.86 Å². The van der Waals surface area contributed by atoms with Crippen molar-refractivity contribution in [3.8, 4) is 5.75 Å². The third-order valence-corrected chi connectivity index (χ3v) is 5.01. The van der Waals surface area contributed by atoms with Crippen LogP contribution in [-0.4, -0.2) is 17.2 Å². The minimum absolute atomic E-state index is 0.815. The van der Waals surface area contributed by atoms with E-state index in [9.17, 15) is 0 Å². The van der Waals surface area contributed by atoms with Crippen molar-refractivity contribution in [2.45, 2.75) is 32.6 Å². The molecule has 2 heteroatoms. The van der Waals surface area contributed by atoms with Crippen LogP contribution in [0.3, 0.4) is 0 Å². The molecule has 3 rings (SSSR count). The monoisotopic (exact) mass is 285 g/mol. The summed E-state index contributed by atoms with van der Waals surface area (Å²) in [6.07, 6.45) is 4.83. The van der Waals surface area contributed by atoms with Gasteiger partial charge in [0, 0.05) is 18.4 Å². The smallest absolute Gasteiger partial charge is 0.209 e. The van der Waals surface area contributed by atoms with Crippen LogP contribution in [0.1, 0.15) is 38.2 Å². The van der Waals surface area contributed by atoms with Crippen LogP contribution in [0, 0.1) is 0 Å². The number of benzene rings is 2. The molecule has 0 aliphatic carbocycles. The molecule has 104 valence electrons. The van der Waals surface area contributed by atoms with Crippen LogP contribution in [0.4, 0.5) is 0 Å². The first-order valence-corrected chi connectivity index (χ1v) is 8.51. The van der Waals surface area contributed by atoms with Crippen LogP contribution >= 0.6 is 0 Å². The molecule has 0 amide bonds. The SMILES string of the molecule is CCCCOc1ccc2cccc(C3=[S+]CCC3)c2c1. The molecule has 2 aromatic carbocycles. The molecule has 1 nitrogen and oxygen atoms in total. The fraction of sp³-hybridized carbons (Fsp3) is 0.389. The molecule has 1 aliphatic rings. The molecule has 0 atom stereocenters. The van der Waals surface area contributed by atoms with E-state index in [2.05, 4.69) is 43.3 Å². The number of ether oxygens (including phenoxy) is 1. The Morgan fingerprint density at radius 1 is 1.20 bits per heavy atom. The molecule has 0 saturated carbocycles. The molecule has 0 fully saturated rings. The number of hydrogen-bond acceptors (Lipinski definition) is 1. The van der Waals surface area contributed by atoms with Gasteiger partial charge in [0.05, 0.1) is 6.61 Å². The molecule has 20 heavy (non-hydrogen) atoms. The third-order valence-electron chi connectivity index (χ3n) is 3.75. The Morgan fingerprint density at radius 2 is 2.15 bits per heavy atom. The highest BCUT2D eigenvalue weighted by atomic mass is 32.1. The minimum atomic E-state index is 0.815. The Morgan fingerprint density at radius 3 is 2.95 bits per heavy atom. The van der Waals surface area contributed by atoms with E-state index >= 15 is 0 Å². The highest BCUT2D eigenvalue weighted by Gasteiger charge is 2.22. The zero-order valence-electron chi connectivity index (χ0n) is 12.0. The standard InChI is InChI=1S/C18H21OS/c1-2-3-11-19-15-10-9-14-6-4-7-16(17(14)13-15)18-8-5-12-20-18/h4,6-7,9-10,13H,2-3,5,8,11-12H2,1H3/q+1. The Kier molecular flexibility index (Phi) is 4.31. The lowest BCUT2D eigenvalue weighted by molar-refractivity contribution is 0.310. The van der Waals surface area contributed by atoms with Gasteiger partial charge in [0.25, 0.3) is 0 Å². The molecule has 0 saturated heterocycles. The normalized spacial score (nSPS) is 14.6. The molecular weight excluding hydrogens is 264 g/mol. The second-order valence-corrected chi connectivity index (χ2v) is 6.46. The first-order chi connectivity index (χ1) is 9.88. The second kappa shape index (κ2) is 6.36. The van der Waals surface area contributed by atoms with Crippen molar-refractivity contribution < 1.29 is 4.74 Å². The Hall–Kier alpha value is -1.41. The van der Waals surface area contributed by atoms with Gasteiger partial charge in [-0.05, 0) is 35.4 Å². The van der Waals surface area contributed by atoms with E-state index in [-0.39, 0.29) is 0 Å². The van der Waals surface area contributed by atoms with Crippen LogP contribution in [0.25, 0.3) is 10.8 Å². The maximum absolute atomic E-state index is 5.86. The summed E-state index contributed by atoms with van der Waals surface area (Å²) < 4.78 is 5.86. The first kappa shape index (κ1) is 13.6. The Bertz CT molecular complexity index is 630. The predicted molar refractivity (Wildman–Crippen MR) is 89.9 cm³/mol. The van der Waals surface area contributed by atoms with Crippen LogP contribution in [0.15, 0.2) is 36.4 Å². The molecule has 0 aromatic heterocycles. The van der Waals surface area contributed by atoms with Gasteiger partial charge in [-0.1, -0.05) is 31.5 Å². The average Bonchev–Trinajstić information content (AvgIpc) is 3.01. The molecular formula is C18H21OS+. The lowest BCUT2D eigenvalue weighted by atomic mass is 10.00. The van der Waals surface area contributed by atoms with Crippen molar-refractivity contribution in [3.63, 3.8) is 0 Å². The van der Waals surface area contributed by atoms with Crippen LogP contribution in [-0.2, 0) is 11.4 Å². The summed E-state index contributed by atoms with van der Waals surface area (Å²) in [6, 6.07) is 13.1. The van der Waals surface area contributed by atoms with E-state index in [1.165, 1.54) is 41.4 Å². The number of hydrogen-bond donors (Lipinski definition) is 0. The van der Waals surface area contributed by atoms with Crippen LogP contribution in [0.2, 0.25) is 0 Å². The van der Waals surface area contributed by atoms with Crippen molar-refractivity contribution in [2.75, 3.05) is 12.4 Å². The summed E-state index contributed by atoms with van der Waals surface area (Å²) in [5, 5.41) is 2.65. The lowest BCUT2D eigenvalue weighted by Crippen LogP contribution is -2.00. The summed E-state index contributed by atoms with van der Waals surface area (Å²) in [5.41, 5.74) is 1.41. The molecule has 0 N–H and O–H groups in total. The van der Waals surface area contributed by atoms with Gasteiger partial charge < -0.3 is 4.74 Å². The Labute approximate surface area is 124 Å². The summed E-state index contributed by atoms with van der Waals surface area (Å²) in [5.74, 6) is 2.26. The van der Waals surface area contributed by atoms with Gasteiger partial charge in [0.1, 0.15) is 5.75 Å². The molecule has 0 spiro atoms. The first-order valence-electron chi connectivity index (χ1n) is 7.53. The fourth-order valence-electron chi connectivity index (χ4n) is 2.63. The average molecular weight is 285 g/mol. The summed E-state index contributed by atoms with van der Waals surface area (Å²) >= 11 is 2.01. The highest BCUT2D eigenvalue weighted by Crippen LogP contribution is 2.26. The van der Waals surface area contributed by atoms with E-state index < -0.39 is 0 Å². The molecule has 0 bridgehead atoms. The highest BCUT2D eigenvalue weighted by molar-refractivity contribution is 7.79. The van der Waals surface area contributed by atoms with Crippen molar-refractivity contribution in [3.05, 3.63) is 42.0 Å². The minimum Gasteiger partial charge on any atom is -0.494 e. The van der Waals surface area contributed by atoms with Gasteiger partial charge in [-0.3, -0.25) is 0 Å². The second-order valence-electron chi connectivity index (χ2n) is 5.27. The third kappa shape index (κ3) is 2.85. The van der Waals surface area contributed by atoms with Gasteiger partial charge in [0.15, 0.2) is 17.1 Å². The van der Waals surface area contributed by atoms with E-state index in [4.69, 9.17) is 4.74 Å². The zero-order valence-corrected chi connectivity index (χ0v) is 12.8. The molecule has 0 unspecified atom stereocenters. The quantitative estimate of drug-likeness (QED) is 0.449. The van der Waals surface area contributed by atoms with Crippen LogP contribution in [0.5, 0.6) is 5.75 Å². The van der Waals surface area contributed by atoms with E-state index in [0.717, 1.165) is 18.8 Å². The van der Waals surface area contributed by atoms with Crippen molar-refractivity contribution in [1.29, 1.82) is 0 Å². The Balaban J connectivity index is 1.96. The largest absolute Gasteiger partial charge is 0.494 e. The maximum atomic E-state index is 5.86. The summed E-state index contributed by atoms with van der Waals surface area (Å²) in [4.78, 5) is 1.54. The summed E-state index contributed by atoms with van der Waals surface area (Å²) in [7, 11) is 0. The lowest BCUT2D eigenvalue weighted by Gasteiger charge is -2.08.